The Hall–Kier alpha value is -1.43. The van der Waals surface area contributed by atoms with Gasteiger partial charge >= 0.3 is 0 Å². The van der Waals surface area contributed by atoms with Gasteiger partial charge in [-0.3, -0.25) is 5.84 Å². The van der Waals surface area contributed by atoms with Crippen molar-refractivity contribution in [3.05, 3.63) is 62.9 Å². The first kappa shape index (κ1) is 15.9. The number of ether oxygens (including phenoxy) is 1. The van der Waals surface area contributed by atoms with E-state index in [1.54, 1.807) is 19.2 Å². The van der Waals surface area contributed by atoms with Crippen LogP contribution in [0.4, 0.5) is 4.39 Å². The van der Waals surface area contributed by atoms with Crippen molar-refractivity contribution >= 4 is 15.9 Å². The predicted octanol–water partition coefficient (Wildman–Crippen LogP) is 3.77. The van der Waals surface area contributed by atoms with E-state index in [1.165, 1.54) is 6.07 Å². The predicted molar refractivity (Wildman–Crippen MR) is 85.7 cm³/mol. The molecule has 2 aromatic carbocycles. The Balaban J connectivity index is 2.58. The van der Waals surface area contributed by atoms with Crippen molar-refractivity contribution in [1.29, 1.82) is 0 Å². The molecule has 0 saturated heterocycles. The molecule has 5 heteroatoms. The highest BCUT2D eigenvalue weighted by atomic mass is 79.9. The second-order valence-corrected chi connectivity index (χ2v) is 5.83. The molecule has 0 radical (unpaired) electrons. The molecule has 1 unspecified atom stereocenters. The third-order valence-electron chi connectivity index (χ3n) is 3.45. The van der Waals surface area contributed by atoms with E-state index in [-0.39, 0.29) is 11.9 Å². The average molecular weight is 353 g/mol. The molecule has 0 aliphatic rings. The summed E-state index contributed by atoms with van der Waals surface area (Å²) in [6.45, 7) is 4.02. The van der Waals surface area contributed by atoms with Crippen molar-refractivity contribution < 1.29 is 9.13 Å². The molecule has 0 fully saturated rings. The minimum Gasteiger partial charge on any atom is -0.496 e. The van der Waals surface area contributed by atoms with E-state index in [4.69, 9.17) is 10.6 Å². The van der Waals surface area contributed by atoms with Gasteiger partial charge in [0.15, 0.2) is 0 Å². The molecule has 0 heterocycles. The maximum atomic E-state index is 13.4. The Kier molecular flexibility index (Phi) is 4.98. The van der Waals surface area contributed by atoms with Crippen LogP contribution in [-0.2, 0) is 0 Å². The number of benzene rings is 2. The first-order valence-electron chi connectivity index (χ1n) is 6.54. The lowest BCUT2D eigenvalue weighted by molar-refractivity contribution is 0.403. The maximum absolute atomic E-state index is 13.4. The van der Waals surface area contributed by atoms with Crippen LogP contribution in [0.15, 0.2) is 34.8 Å². The number of hydrogen-bond acceptors (Lipinski definition) is 3. The number of aryl methyl sites for hydroxylation is 2. The number of methoxy groups -OCH3 is 1. The van der Waals surface area contributed by atoms with Crippen LogP contribution in [0.3, 0.4) is 0 Å². The number of rotatable bonds is 4. The average Bonchev–Trinajstić information content (AvgIpc) is 2.45. The van der Waals surface area contributed by atoms with Crippen LogP contribution >= 0.6 is 15.9 Å². The fourth-order valence-corrected chi connectivity index (χ4v) is 2.91. The lowest BCUT2D eigenvalue weighted by Crippen LogP contribution is -2.29. The van der Waals surface area contributed by atoms with Gasteiger partial charge in [0.25, 0.3) is 0 Å². The highest BCUT2D eigenvalue weighted by Crippen LogP contribution is 2.34. The monoisotopic (exact) mass is 352 g/mol. The summed E-state index contributed by atoms with van der Waals surface area (Å²) in [5.41, 5.74) is 6.78. The molecule has 0 aliphatic carbocycles. The Bertz CT molecular complexity index is 661. The molecule has 2 rings (SSSR count). The lowest BCUT2D eigenvalue weighted by atomic mass is 9.93. The Morgan fingerprint density at radius 3 is 2.52 bits per heavy atom. The lowest BCUT2D eigenvalue weighted by Gasteiger charge is -2.22. The molecule has 112 valence electrons. The van der Waals surface area contributed by atoms with Crippen LogP contribution < -0.4 is 16.0 Å². The second-order valence-electron chi connectivity index (χ2n) is 4.97. The molecule has 0 aliphatic heterocycles. The van der Waals surface area contributed by atoms with Crippen molar-refractivity contribution in [3.63, 3.8) is 0 Å². The molecule has 0 spiro atoms. The zero-order valence-corrected chi connectivity index (χ0v) is 13.8. The van der Waals surface area contributed by atoms with Gasteiger partial charge in [0.05, 0.1) is 17.6 Å². The standard InChI is InChI=1S/C16H18BrFN2O/c1-9-6-10(2)15(14(7-9)21-3)16(20-19)11-4-5-13(18)12(17)8-11/h4-8,16,20H,19H2,1-3H3. The quantitative estimate of drug-likeness (QED) is 0.650. The van der Waals surface area contributed by atoms with E-state index in [2.05, 4.69) is 27.4 Å². The van der Waals surface area contributed by atoms with Gasteiger partial charge in [-0.15, -0.1) is 0 Å². The van der Waals surface area contributed by atoms with Crippen LogP contribution in [0.2, 0.25) is 0 Å². The molecule has 0 saturated carbocycles. The number of nitrogens with two attached hydrogens (primary N) is 1. The van der Waals surface area contributed by atoms with Gasteiger partial charge in [0.1, 0.15) is 11.6 Å². The van der Waals surface area contributed by atoms with E-state index in [9.17, 15) is 4.39 Å². The smallest absolute Gasteiger partial charge is 0.137 e. The molecule has 3 N–H and O–H groups in total. The third-order valence-corrected chi connectivity index (χ3v) is 4.05. The highest BCUT2D eigenvalue weighted by molar-refractivity contribution is 9.10. The third kappa shape index (κ3) is 3.26. The number of nitrogens with one attached hydrogen (secondary N) is 1. The van der Waals surface area contributed by atoms with E-state index >= 15 is 0 Å². The maximum Gasteiger partial charge on any atom is 0.137 e. The number of hydrazine groups is 1. The Morgan fingerprint density at radius 2 is 1.95 bits per heavy atom. The van der Waals surface area contributed by atoms with Gasteiger partial charge in [0, 0.05) is 5.56 Å². The summed E-state index contributed by atoms with van der Waals surface area (Å²) in [5, 5.41) is 0. The largest absolute Gasteiger partial charge is 0.496 e. The molecule has 0 amide bonds. The summed E-state index contributed by atoms with van der Waals surface area (Å²) < 4.78 is 19.3. The van der Waals surface area contributed by atoms with Crippen molar-refractivity contribution in [1.82, 2.24) is 5.43 Å². The first-order valence-corrected chi connectivity index (χ1v) is 7.33. The van der Waals surface area contributed by atoms with E-state index in [0.717, 1.165) is 28.0 Å². The second kappa shape index (κ2) is 6.56. The fourth-order valence-electron chi connectivity index (χ4n) is 2.52. The van der Waals surface area contributed by atoms with Crippen molar-refractivity contribution in [3.8, 4) is 5.75 Å². The van der Waals surface area contributed by atoms with Gasteiger partial charge < -0.3 is 4.74 Å². The fraction of sp³-hybridized carbons (Fsp3) is 0.250. The summed E-state index contributed by atoms with van der Waals surface area (Å²) >= 11 is 3.21. The van der Waals surface area contributed by atoms with E-state index in [1.807, 2.05) is 19.9 Å². The van der Waals surface area contributed by atoms with Crippen LogP contribution in [0.5, 0.6) is 5.75 Å². The molecule has 1 atom stereocenters. The van der Waals surface area contributed by atoms with Gasteiger partial charge in [0.2, 0.25) is 0 Å². The SMILES string of the molecule is COc1cc(C)cc(C)c1C(NN)c1ccc(F)c(Br)c1. The van der Waals surface area contributed by atoms with E-state index < -0.39 is 0 Å². The summed E-state index contributed by atoms with van der Waals surface area (Å²) in [4.78, 5) is 0. The van der Waals surface area contributed by atoms with Crippen molar-refractivity contribution in [2.45, 2.75) is 19.9 Å². The zero-order chi connectivity index (χ0) is 15.6. The normalized spacial score (nSPS) is 12.3. The molecule has 0 aromatic heterocycles. The number of halogens is 2. The van der Waals surface area contributed by atoms with Crippen LogP contribution in [-0.4, -0.2) is 7.11 Å². The molecule has 3 nitrogen and oxygen atoms in total. The summed E-state index contributed by atoms with van der Waals surface area (Å²) in [6.07, 6.45) is 0. The summed E-state index contributed by atoms with van der Waals surface area (Å²) in [6, 6.07) is 8.60. The molecular weight excluding hydrogens is 335 g/mol. The molecular formula is C16H18BrFN2O. The van der Waals surface area contributed by atoms with Gasteiger partial charge in [-0.1, -0.05) is 12.1 Å². The van der Waals surface area contributed by atoms with Crippen LogP contribution in [0, 0.1) is 19.7 Å². The topological polar surface area (TPSA) is 47.3 Å². The van der Waals surface area contributed by atoms with Crippen LogP contribution in [0.25, 0.3) is 0 Å². The number of hydrogen-bond donors (Lipinski definition) is 2. The Labute approximate surface area is 132 Å². The Morgan fingerprint density at radius 1 is 1.24 bits per heavy atom. The highest BCUT2D eigenvalue weighted by Gasteiger charge is 2.20. The summed E-state index contributed by atoms with van der Waals surface area (Å²) in [7, 11) is 1.63. The first-order chi connectivity index (χ1) is 9.97. The summed E-state index contributed by atoms with van der Waals surface area (Å²) in [5.74, 6) is 6.20. The van der Waals surface area contributed by atoms with Gasteiger partial charge in [-0.2, -0.15) is 0 Å². The minimum atomic E-state index is -0.304. The molecule has 0 bridgehead atoms. The van der Waals surface area contributed by atoms with E-state index in [0.29, 0.717) is 4.47 Å². The molecule has 2 aromatic rings. The minimum absolute atomic E-state index is 0.280. The van der Waals surface area contributed by atoms with Crippen molar-refractivity contribution in [2.75, 3.05) is 7.11 Å². The van der Waals surface area contributed by atoms with Crippen LogP contribution in [0.1, 0.15) is 28.3 Å². The molecule has 21 heavy (non-hydrogen) atoms. The van der Waals surface area contributed by atoms with Gasteiger partial charge in [-0.25, -0.2) is 9.82 Å². The zero-order valence-electron chi connectivity index (χ0n) is 12.2. The van der Waals surface area contributed by atoms with Crippen molar-refractivity contribution in [2.24, 2.45) is 5.84 Å². The van der Waals surface area contributed by atoms with Gasteiger partial charge in [-0.05, 0) is 64.7 Å².